The molecule has 0 aromatic heterocycles. The highest BCUT2D eigenvalue weighted by molar-refractivity contribution is 6.02. The van der Waals surface area contributed by atoms with Crippen LogP contribution in [-0.2, 0) is 101 Å². The largest absolute Gasteiger partial charge is 0.480 e. The summed E-state index contributed by atoms with van der Waals surface area (Å²) in [6.45, 7) is -5.60. The number of aliphatic carboxylic acids is 1. The van der Waals surface area contributed by atoms with E-state index in [2.05, 4.69) is 47.9 Å². The average Bonchev–Trinajstić information content (AvgIpc) is 1.65. The van der Waals surface area contributed by atoms with Gasteiger partial charge in [-0.3, -0.25) is 101 Å². The Bertz CT molecular complexity index is 4590. The summed E-state index contributed by atoms with van der Waals surface area (Å²) in [5.41, 5.74) is 5.67. The van der Waals surface area contributed by atoms with Crippen LogP contribution in [0.3, 0.4) is 0 Å². The first-order valence-corrected chi connectivity index (χ1v) is 47.2. The molecule has 0 saturated carbocycles. The highest BCUT2D eigenvalue weighted by atomic mass is 16.4. The zero-order valence-electron chi connectivity index (χ0n) is 75.6. The summed E-state index contributed by atoms with van der Waals surface area (Å²) in [7, 11) is 0. The number of nitrogens with zero attached hydrogens (tertiary/aromatic N) is 12. The Kier molecular flexibility index (Phi) is 33.9. The maximum atomic E-state index is 14.5. The van der Waals surface area contributed by atoms with Crippen LogP contribution >= 0.6 is 0 Å². The van der Waals surface area contributed by atoms with Gasteiger partial charge in [0, 0.05) is 123 Å². The molecule has 0 aromatic rings. The summed E-state index contributed by atoms with van der Waals surface area (Å²) < 4.78 is 0. The average molecular weight is 1920 g/mol. The van der Waals surface area contributed by atoms with E-state index in [1.165, 1.54) is 29.4 Å². The molecule has 0 radical (unpaired) electrons. The molecule has 136 heavy (non-hydrogen) atoms. The minimum absolute atomic E-state index is 0.0242. The SMILES string of the molecule is NCCCC[C@H](NC(=O)CNC(=O)[C@@H]1C[C@@H](O)CN1C(=O)[C@@H]1CCCN1C(=O)CNC(=O)[C@@H]1C[C@@H](O)CN1C(=O)[C@@H]1CCCN1C(=O)CNC(=O)[C@@H]1C[C@@H](O)CN1C(=O)[C@@H]1CCCN1C(=O)CNC(=O)[C@@H]1C[C@@H](O)CN1C(=O)[C@@H]1CCCN1C(=O)CNC(=O)[C@@H]1C[C@@H](O)CN1C(=O)[C@@H]1CCCN1C(=O)CNC(=O)[C@@H]1C[C@@H](O)CN1C(=O)[C@@H]1CCCN1)C(=O)N1C[C@H](O)C[C@H]1C(=O)NCC(=O)O. The summed E-state index contributed by atoms with van der Waals surface area (Å²) >= 11 is 0. The summed E-state index contributed by atoms with van der Waals surface area (Å²) in [6.07, 6.45) is -5.22. The third-order valence-electron chi connectivity index (χ3n) is 28.2. The van der Waals surface area contributed by atoms with Crippen LogP contribution in [0.15, 0.2) is 0 Å². The van der Waals surface area contributed by atoms with Crippen LogP contribution in [0.1, 0.15) is 141 Å². The number of rotatable bonds is 33. The number of likely N-dealkylation sites (tertiary alicyclic amines) is 12. The zero-order chi connectivity index (χ0) is 97.9. The van der Waals surface area contributed by atoms with E-state index in [0.717, 1.165) is 35.8 Å². The lowest BCUT2D eigenvalue weighted by Gasteiger charge is -2.32. The highest BCUT2D eigenvalue weighted by Gasteiger charge is 2.54. The van der Waals surface area contributed by atoms with Crippen molar-refractivity contribution in [3.8, 4) is 0 Å². The van der Waals surface area contributed by atoms with Crippen LogP contribution in [0.2, 0.25) is 0 Å². The van der Waals surface area contributed by atoms with E-state index in [0.29, 0.717) is 57.9 Å². The number of β-amino-alcohol motifs (C(OH)–C–C–N with tert-alkyl or cyclic N) is 7. The number of hydrogen-bond donors (Lipinski definition) is 18. The van der Waals surface area contributed by atoms with Crippen molar-refractivity contribution < 1.29 is 142 Å². The Morgan fingerprint density at radius 3 is 0.779 bits per heavy atom. The number of nitrogens with two attached hydrogens (primary N) is 1. The number of aliphatic hydroxyl groups is 7. The van der Waals surface area contributed by atoms with Crippen LogP contribution in [0.25, 0.3) is 0 Å². The fraction of sp³-hybridized carbons (Fsp3) is 0.753. The summed E-state index contributed by atoms with van der Waals surface area (Å²) in [6, 6.07) is -16.5. The van der Waals surface area contributed by atoms with E-state index in [1.54, 1.807) is 0 Å². The van der Waals surface area contributed by atoms with Crippen LogP contribution in [0.5, 0.6) is 0 Å². The maximum absolute atomic E-state index is 14.5. The Labute approximate surface area is 780 Å². The Morgan fingerprint density at radius 2 is 0.529 bits per heavy atom. The number of carboxylic acid groups (broad SMARTS) is 1. The van der Waals surface area contributed by atoms with Crippen LogP contribution < -0.4 is 53.6 Å². The summed E-state index contributed by atoms with van der Waals surface area (Å²) in [5, 5.41) is 107. The smallest absolute Gasteiger partial charge is 0.322 e. The minimum Gasteiger partial charge on any atom is -0.480 e. The number of nitrogens with one attached hydrogen (secondary N) is 9. The molecule has 13 saturated heterocycles. The lowest BCUT2D eigenvalue weighted by molar-refractivity contribution is -0.148. The topological polar surface area (TPSA) is 693 Å². The van der Waals surface area contributed by atoms with Gasteiger partial charge in [0.05, 0.1) is 88.0 Å². The zero-order valence-corrected chi connectivity index (χ0v) is 75.6. The van der Waals surface area contributed by atoms with Crippen molar-refractivity contribution in [1.82, 2.24) is 107 Å². The summed E-state index contributed by atoms with van der Waals surface area (Å²) in [5.74, 6) is -16.1. The van der Waals surface area contributed by atoms with Gasteiger partial charge in [0.15, 0.2) is 0 Å². The van der Waals surface area contributed by atoms with Crippen LogP contribution in [0, 0.1) is 0 Å². The molecule has 13 aliphatic heterocycles. The molecule has 0 bridgehead atoms. The predicted octanol–water partition coefficient (Wildman–Crippen LogP) is -14.1. The summed E-state index contributed by atoms with van der Waals surface area (Å²) in [4.78, 5) is 304. The fourth-order valence-corrected chi connectivity index (χ4v) is 21.5. The standard InChI is InChI=1S/C85H126N22O29/c86-16-2-1-9-52(80(131)102-38-45(109)24-59(102)78(129)94-36-71(121)122)95-65(115)30-88-72(123)60-25-46(110)39-103(60)81(132)53-11-4-18-96(53)67(117)32-90-74(125)62-27-48(112)41-105(62)83(134)55-13-6-20-98(55)69(119)34-92-76(127)64-29-50(114)43-107(64)85(136)57-15-8-22-100(57)70(120)35-93-77(128)63-28-49(113)42-106(63)84(135)56-14-7-21-99(56)68(118)33-91-75(126)61-26-47(111)40-104(61)82(133)54-12-5-19-97(54)66(116)31-89-73(124)58-23-44(108)37-101(58)79(130)51-10-3-17-87-51/h44-64,87,108-114H,1-43,86H2,(H,88,123)(H,89,124)(H,90,125)(H,91,126)(H,92,127)(H,93,128)(H,94,129)(H,95,115)(H,121,122)/t44-,45-,46-,47-,48-,49-,50-,51+,52+,53+,54+,55+,56+,57+,58+,59+,60+,61+,62+,63+,64+/m1/s1. The molecule has 13 heterocycles. The van der Waals surface area contributed by atoms with Gasteiger partial charge < -0.3 is 153 Å². The van der Waals surface area contributed by atoms with Crippen LogP contribution in [0.4, 0.5) is 0 Å². The number of hydrogen-bond acceptors (Lipinski definition) is 30. The first kappa shape index (κ1) is 102. The van der Waals surface area contributed by atoms with Gasteiger partial charge >= 0.3 is 5.97 Å². The third kappa shape index (κ3) is 23.5. The Hall–Kier alpha value is -11.5. The van der Waals surface area contributed by atoms with Crippen LogP contribution in [-0.4, -0.2) is 489 Å². The first-order valence-electron chi connectivity index (χ1n) is 47.2. The maximum Gasteiger partial charge on any atom is 0.322 e. The second-order valence-electron chi connectivity index (χ2n) is 37.5. The first-order chi connectivity index (χ1) is 64.9. The van der Waals surface area contributed by atoms with E-state index < -0.39 is 291 Å². The molecule has 750 valence electrons. The molecular formula is C85H126N22O29. The quantitative estimate of drug-likeness (QED) is 0.0271. The van der Waals surface area contributed by atoms with Gasteiger partial charge in [-0.25, -0.2) is 0 Å². The molecule has 51 nitrogen and oxygen atoms in total. The second kappa shape index (κ2) is 45.2. The van der Waals surface area contributed by atoms with Crippen molar-refractivity contribution in [3.63, 3.8) is 0 Å². The van der Waals surface area contributed by atoms with E-state index >= 15 is 0 Å². The number of carboxylic acids is 1. The van der Waals surface area contributed by atoms with E-state index in [9.17, 15) is 136 Å². The van der Waals surface area contributed by atoms with E-state index in [1.807, 2.05) is 0 Å². The lowest BCUT2D eigenvalue weighted by Crippen LogP contribution is -2.57. The van der Waals surface area contributed by atoms with Crippen molar-refractivity contribution >= 4 is 124 Å². The molecule has 0 spiro atoms. The number of carbonyl (C=O) groups excluding carboxylic acids is 20. The monoisotopic (exact) mass is 1920 g/mol. The van der Waals surface area contributed by atoms with Gasteiger partial charge in [0.25, 0.3) is 0 Å². The molecule has 0 aromatic carbocycles. The van der Waals surface area contributed by atoms with E-state index in [-0.39, 0.29) is 174 Å². The Morgan fingerprint density at radius 1 is 0.287 bits per heavy atom. The molecule has 13 rings (SSSR count). The highest BCUT2D eigenvalue weighted by Crippen LogP contribution is 2.34. The number of carbonyl (C=O) groups is 21. The minimum atomic E-state index is -1.36. The normalized spacial score (nSPS) is 30.0. The molecule has 51 heteroatoms. The van der Waals surface area contributed by atoms with Crippen molar-refractivity contribution in [1.29, 1.82) is 0 Å². The van der Waals surface area contributed by atoms with Gasteiger partial charge in [0.2, 0.25) is 118 Å². The second-order valence-corrected chi connectivity index (χ2v) is 37.5. The molecule has 21 atom stereocenters. The van der Waals surface area contributed by atoms with Crippen molar-refractivity contribution in [2.24, 2.45) is 5.73 Å². The number of amides is 20. The van der Waals surface area contributed by atoms with Crippen molar-refractivity contribution in [2.75, 3.05) is 137 Å². The van der Waals surface area contributed by atoms with Gasteiger partial charge in [0.1, 0.15) is 85.1 Å². The fourth-order valence-electron chi connectivity index (χ4n) is 21.5. The molecule has 0 aliphatic carbocycles. The van der Waals surface area contributed by atoms with Gasteiger partial charge in [-0.1, -0.05) is 0 Å². The molecule has 20 amide bonds. The number of aliphatic hydroxyl groups excluding tert-OH is 7. The lowest BCUT2D eigenvalue weighted by atomic mass is 10.1. The molecular weight excluding hydrogens is 1790 g/mol. The molecule has 13 fully saturated rings. The van der Waals surface area contributed by atoms with Gasteiger partial charge in [-0.15, -0.1) is 0 Å². The van der Waals surface area contributed by atoms with Crippen molar-refractivity contribution in [3.05, 3.63) is 0 Å². The predicted molar refractivity (Wildman–Crippen MR) is 461 cm³/mol. The van der Waals surface area contributed by atoms with E-state index in [4.69, 9.17) is 10.8 Å². The van der Waals surface area contributed by atoms with Gasteiger partial charge in [-0.05, 0) is 109 Å². The van der Waals surface area contributed by atoms with Crippen molar-refractivity contribution in [2.45, 2.75) is 269 Å². The number of unbranched alkanes of at least 4 members (excludes halogenated alkanes) is 1. The molecule has 13 aliphatic rings. The molecule has 0 unspecified atom stereocenters. The van der Waals surface area contributed by atoms with Gasteiger partial charge in [-0.2, -0.15) is 0 Å². The molecule has 19 N–H and O–H groups in total. The third-order valence-corrected chi connectivity index (χ3v) is 28.2. The Balaban J connectivity index is 0.537.